The predicted molar refractivity (Wildman–Crippen MR) is 150 cm³/mol. The molecule has 11 nitrogen and oxygen atoms in total. The molecule has 0 N–H and O–H groups in total. The standard InChI is InChI=1S/C29H29N5O6/c1-38-23-10-8-21(9-11-23)33-27(19-26(30-33)25-13-12-24(39-2)18-28(25)40-3)29(35)32-16-14-31(15-17-32)20-4-6-22(7-5-20)34(36)37/h4-13,18-19H,14-17H2,1-3H3. The smallest absolute Gasteiger partial charge is 0.272 e. The van der Waals surface area contributed by atoms with Crippen molar-refractivity contribution >= 4 is 17.3 Å². The van der Waals surface area contributed by atoms with Crippen molar-refractivity contribution in [1.82, 2.24) is 14.7 Å². The summed E-state index contributed by atoms with van der Waals surface area (Å²) in [6.45, 7) is 2.17. The van der Waals surface area contributed by atoms with Crippen molar-refractivity contribution in [2.75, 3.05) is 52.4 Å². The molecule has 0 saturated carbocycles. The van der Waals surface area contributed by atoms with Gasteiger partial charge in [-0.15, -0.1) is 0 Å². The summed E-state index contributed by atoms with van der Waals surface area (Å²) in [6.07, 6.45) is 0. The molecule has 1 aliphatic heterocycles. The monoisotopic (exact) mass is 543 g/mol. The molecule has 5 rings (SSSR count). The highest BCUT2D eigenvalue weighted by Gasteiger charge is 2.27. The maximum atomic E-state index is 13.9. The number of carbonyl (C=O) groups excluding carboxylic acids is 1. The first-order valence-electron chi connectivity index (χ1n) is 12.7. The summed E-state index contributed by atoms with van der Waals surface area (Å²) in [5.41, 5.74) is 3.38. The normalized spacial score (nSPS) is 13.2. The molecule has 0 radical (unpaired) electrons. The van der Waals surface area contributed by atoms with Crippen molar-refractivity contribution in [2.24, 2.45) is 0 Å². The molecule has 1 fully saturated rings. The predicted octanol–water partition coefficient (Wildman–Crippen LogP) is 4.44. The first-order valence-corrected chi connectivity index (χ1v) is 12.7. The number of nitrogens with zero attached hydrogens (tertiary/aromatic N) is 5. The third-order valence-corrected chi connectivity index (χ3v) is 6.92. The Morgan fingerprint density at radius 3 is 2.02 bits per heavy atom. The molecule has 0 aliphatic carbocycles. The zero-order chi connectivity index (χ0) is 28.2. The van der Waals surface area contributed by atoms with Crippen molar-refractivity contribution in [3.63, 3.8) is 0 Å². The van der Waals surface area contributed by atoms with E-state index in [1.54, 1.807) is 55.2 Å². The number of nitro benzene ring substituents is 1. The van der Waals surface area contributed by atoms with E-state index in [4.69, 9.17) is 19.3 Å². The lowest BCUT2D eigenvalue weighted by Gasteiger charge is -2.36. The maximum absolute atomic E-state index is 13.9. The minimum atomic E-state index is -0.415. The van der Waals surface area contributed by atoms with Crippen LogP contribution in [0.5, 0.6) is 17.2 Å². The zero-order valence-corrected chi connectivity index (χ0v) is 22.4. The molecule has 4 aromatic rings. The van der Waals surface area contributed by atoms with E-state index in [2.05, 4.69) is 4.90 Å². The number of nitro groups is 1. The van der Waals surface area contributed by atoms with Crippen LogP contribution in [0, 0.1) is 10.1 Å². The lowest BCUT2D eigenvalue weighted by Crippen LogP contribution is -2.49. The van der Waals surface area contributed by atoms with Crippen molar-refractivity contribution in [3.8, 4) is 34.2 Å². The van der Waals surface area contributed by atoms with Gasteiger partial charge in [-0.3, -0.25) is 14.9 Å². The first kappa shape index (κ1) is 26.5. The Morgan fingerprint density at radius 2 is 1.43 bits per heavy atom. The Morgan fingerprint density at radius 1 is 0.800 bits per heavy atom. The van der Waals surface area contributed by atoms with Gasteiger partial charge in [-0.25, -0.2) is 4.68 Å². The lowest BCUT2D eigenvalue weighted by atomic mass is 10.1. The highest BCUT2D eigenvalue weighted by atomic mass is 16.6. The number of hydrogen-bond acceptors (Lipinski definition) is 8. The number of amides is 1. The van der Waals surface area contributed by atoms with Crippen molar-refractivity contribution < 1.29 is 23.9 Å². The molecule has 0 atom stereocenters. The van der Waals surface area contributed by atoms with Crippen molar-refractivity contribution in [2.45, 2.75) is 0 Å². The highest BCUT2D eigenvalue weighted by Crippen LogP contribution is 2.34. The molecule has 1 aromatic heterocycles. The summed E-state index contributed by atoms with van der Waals surface area (Å²) in [4.78, 5) is 28.4. The average Bonchev–Trinajstić information content (AvgIpc) is 3.45. The number of hydrogen-bond donors (Lipinski definition) is 0. The van der Waals surface area contributed by atoms with Crippen LogP contribution >= 0.6 is 0 Å². The zero-order valence-electron chi connectivity index (χ0n) is 22.4. The van der Waals surface area contributed by atoms with Crippen LogP contribution < -0.4 is 19.1 Å². The number of aromatic nitrogens is 2. The SMILES string of the molecule is COc1ccc(-n2nc(-c3ccc(OC)cc3OC)cc2C(=O)N2CCN(c3ccc([N+](=O)[O-])cc3)CC2)cc1. The van der Waals surface area contributed by atoms with Crippen LogP contribution in [0.4, 0.5) is 11.4 Å². The fourth-order valence-electron chi connectivity index (χ4n) is 4.71. The van der Waals surface area contributed by atoms with Crippen LogP contribution in [0.15, 0.2) is 72.8 Å². The summed E-state index contributed by atoms with van der Waals surface area (Å²) < 4.78 is 17.9. The molecule has 0 unspecified atom stereocenters. The third kappa shape index (κ3) is 5.26. The van der Waals surface area contributed by atoms with Crippen LogP contribution in [0.2, 0.25) is 0 Å². The van der Waals surface area contributed by atoms with Gasteiger partial charge in [0.05, 0.1) is 37.6 Å². The Kier molecular flexibility index (Phi) is 7.54. The van der Waals surface area contributed by atoms with Crippen molar-refractivity contribution in [1.29, 1.82) is 0 Å². The molecule has 1 saturated heterocycles. The molecule has 0 bridgehead atoms. The minimum absolute atomic E-state index is 0.0497. The number of methoxy groups -OCH3 is 3. The van der Waals surface area contributed by atoms with Gasteiger partial charge >= 0.3 is 0 Å². The second kappa shape index (κ2) is 11.4. The molecule has 11 heteroatoms. The molecule has 40 heavy (non-hydrogen) atoms. The van der Waals surface area contributed by atoms with E-state index in [0.717, 1.165) is 11.3 Å². The van der Waals surface area contributed by atoms with E-state index in [9.17, 15) is 14.9 Å². The molecule has 1 amide bonds. The van der Waals surface area contributed by atoms with Gasteiger partial charge in [0.1, 0.15) is 22.9 Å². The van der Waals surface area contributed by atoms with Gasteiger partial charge in [-0.05, 0) is 54.6 Å². The second-order valence-corrected chi connectivity index (χ2v) is 9.14. The van der Waals surface area contributed by atoms with Gasteiger partial charge in [0, 0.05) is 55.6 Å². The van der Waals surface area contributed by atoms with Crippen molar-refractivity contribution in [3.05, 3.63) is 88.6 Å². The molecular weight excluding hydrogens is 514 g/mol. The molecule has 3 aromatic carbocycles. The summed E-state index contributed by atoms with van der Waals surface area (Å²) in [6, 6.07) is 21.0. The Labute approximate surface area is 231 Å². The van der Waals surface area contributed by atoms with Gasteiger partial charge in [0.2, 0.25) is 0 Å². The number of carbonyl (C=O) groups is 1. The molecule has 2 heterocycles. The van der Waals surface area contributed by atoms with E-state index in [0.29, 0.717) is 60.5 Å². The summed E-state index contributed by atoms with van der Waals surface area (Å²) in [7, 11) is 4.77. The highest BCUT2D eigenvalue weighted by molar-refractivity contribution is 5.95. The van der Waals surface area contributed by atoms with Crippen LogP contribution in [-0.2, 0) is 0 Å². The average molecular weight is 544 g/mol. The van der Waals surface area contributed by atoms with Gasteiger partial charge in [0.15, 0.2) is 0 Å². The summed E-state index contributed by atoms with van der Waals surface area (Å²) in [5, 5.41) is 15.8. The Balaban J connectivity index is 1.43. The van der Waals surface area contributed by atoms with Gasteiger partial charge in [0.25, 0.3) is 11.6 Å². The Bertz CT molecular complexity index is 1510. The molecular formula is C29H29N5O6. The largest absolute Gasteiger partial charge is 0.497 e. The topological polar surface area (TPSA) is 112 Å². The second-order valence-electron chi connectivity index (χ2n) is 9.14. The third-order valence-electron chi connectivity index (χ3n) is 6.92. The van der Waals surface area contributed by atoms with E-state index < -0.39 is 4.92 Å². The van der Waals surface area contributed by atoms with Crippen LogP contribution in [-0.4, -0.2) is 73.0 Å². The van der Waals surface area contributed by atoms with Gasteiger partial charge < -0.3 is 24.0 Å². The number of non-ortho nitro benzene ring substituents is 1. The molecule has 1 aliphatic rings. The first-order chi connectivity index (χ1) is 19.4. The quantitative estimate of drug-likeness (QED) is 0.237. The number of rotatable bonds is 8. The minimum Gasteiger partial charge on any atom is -0.497 e. The Hall–Kier alpha value is -5.06. The van der Waals surface area contributed by atoms with Crippen LogP contribution in [0.3, 0.4) is 0 Å². The number of anilines is 1. The van der Waals surface area contributed by atoms with Crippen LogP contribution in [0.1, 0.15) is 10.5 Å². The van der Waals surface area contributed by atoms with Gasteiger partial charge in [-0.2, -0.15) is 5.10 Å². The lowest BCUT2D eigenvalue weighted by molar-refractivity contribution is -0.384. The summed E-state index contributed by atoms with van der Waals surface area (Å²) in [5.74, 6) is 1.78. The van der Waals surface area contributed by atoms with E-state index in [1.165, 1.54) is 12.1 Å². The van der Waals surface area contributed by atoms with E-state index >= 15 is 0 Å². The molecule has 0 spiro atoms. The van der Waals surface area contributed by atoms with E-state index in [1.807, 2.05) is 36.4 Å². The fourth-order valence-corrected chi connectivity index (χ4v) is 4.71. The maximum Gasteiger partial charge on any atom is 0.272 e. The molecule has 206 valence electrons. The summed E-state index contributed by atoms with van der Waals surface area (Å²) >= 11 is 0. The van der Waals surface area contributed by atoms with E-state index in [-0.39, 0.29) is 11.6 Å². The number of piperazine rings is 1. The number of benzene rings is 3. The fraction of sp³-hybridized carbons (Fsp3) is 0.241. The van der Waals surface area contributed by atoms with Crippen LogP contribution in [0.25, 0.3) is 16.9 Å². The van der Waals surface area contributed by atoms with Gasteiger partial charge in [-0.1, -0.05) is 0 Å². The number of ether oxygens (including phenoxy) is 3.